The number of hydrogen-bond acceptors (Lipinski definition) is 4. The number of rotatable bonds is 7. The Bertz CT molecular complexity index is 630. The third-order valence-corrected chi connectivity index (χ3v) is 4.81. The van der Waals surface area contributed by atoms with Gasteiger partial charge in [-0.15, -0.1) is 11.8 Å². The molecule has 0 saturated carbocycles. The first-order valence-electron chi connectivity index (χ1n) is 6.94. The molecule has 0 aliphatic rings. The Morgan fingerprint density at radius 2 is 1.91 bits per heavy atom. The Morgan fingerprint density at radius 3 is 2.48 bits per heavy atom. The average molecular weight is 374 g/mol. The molecule has 1 aromatic carbocycles. The number of carbonyl (C=O) groups excluding carboxylic acids is 1. The molecule has 0 aromatic heterocycles. The van der Waals surface area contributed by atoms with E-state index in [0.717, 1.165) is 21.7 Å². The van der Waals surface area contributed by atoms with E-state index in [9.17, 15) is 4.79 Å². The van der Waals surface area contributed by atoms with Crippen molar-refractivity contribution in [2.24, 2.45) is 5.10 Å². The summed E-state index contributed by atoms with van der Waals surface area (Å²) in [5.41, 5.74) is 2.77. The fraction of sp³-hybridized carbons (Fsp3) is 0.375. The van der Waals surface area contributed by atoms with Crippen LogP contribution in [0.1, 0.15) is 12.5 Å². The number of hydrazone groups is 1. The van der Waals surface area contributed by atoms with Crippen LogP contribution in [0.3, 0.4) is 0 Å². The monoisotopic (exact) mass is 373 g/mol. The molecule has 0 bridgehead atoms. The van der Waals surface area contributed by atoms with Crippen LogP contribution in [0.25, 0.3) is 0 Å². The predicted molar refractivity (Wildman–Crippen MR) is 101 cm³/mol. The van der Waals surface area contributed by atoms with Gasteiger partial charge >= 0.3 is 0 Å². The summed E-state index contributed by atoms with van der Waals surface area (Å²) in [5, 5.41) is 6.86. The quantitative estimate of drug-likeness (QED) is 0.309. The minimum Gasteiger partial charge on any atom is -0.383 e. The van der Waals surface area contributed by atoms with Gasteiger partial charge in [0.1, 0.15) is 0 Å². The summed E-state index contributed by atoms with van der Waals surface area (Å²) in [7, 11) is 5.49. The van der Waals surface area contributed by atoms with E-state index in [1.807, 2.05) is 45.1 Å². The van der Waals surface area contributed by atoms with Crippen molar-refractivity contribution in [3.63, 3.8) is 0 Å². The van der Waals surface area contributed by atoms with E-state index in [0.29, 0.717) is 22.2 Å². The van der Waals surface area contributed by atoms with E-state index >= 15 is 0 Å². The third-order valence-electron chi connectivity index (χ3n) is 2.92. The number of thioether (sulfide) groups is 1. The lowest BCUT2D eigenvalue weighted by Gasteiger charge is -2.14. The number of carbonyl (C=O) groups is 1. The van der Waals surface area contributed by atoms with Crippen molar-refractivity contribution < 1.29 is 4.79 Å². The van der Waals surface area contributed by atoms with Crippen molar-refractivity contribution in [3.05, 3.63) is 39.5 Å². The fourth-order valence-electron chi connectivity index (χ4n) is 1.78. The van der Waals surface area contributed by atoms with Crippen LogP contribution < -0.4 is 0 Å². The van der Waals surface area contributed by atoms with E-state index in [2.05, 4.69) is 5.10 Å². The first kappa shape index (κ1) is 19.9. The summed E-state index contributed by atoms with van der Waals surface area (Å²) in [6.07, 6.45) is 2.64. The van der Waals surface area contributed by atoms with Crippen molar-refractivity contribution >= 4 is 47.1 Å². The van der Waals surface area contributed by atoms with Gasteiger partial charge in [-0.25, -0.2) is 5.01 Å². The lowest BCUT2D eigenvalue weighted by atomic mass is 10.2. The summed E-state index contributed by atoms with van der Waals surface area (Å²) < 4.78 is 0. The first-order valence-corrected chi connectivity index (χ1v) is 8.68. The predicted octanol–water partition coefficient (Wildman–Crippen LogP) is 4.30. The topological polar surface area (TPSA) is 35.9 Å². The third kappa shape index (κ3) is 6.45. The van der Waals surface area contributed by atoms with Crippen molar-refractivity contribution in [3.8, 4) is 0 Å². The summed E-state index contributed by atoms with van der Waals surface area (Å²) >= 11 is 13.9. The van der Waals surface area contributed by atoms with Crippen LogP contribution in [0.5, 0.6) is 0 Å². The normalized spacial score (nSPS) is 12.3. The molecule has 23 heavy (non-hydrogen) atoms. The van der Waals surface area contributed by atoms with Crippen LogP contribution in [-0.4, -0.2) is 48.9 Å². The summed E-state index contributed by atoms with van der Waals surface area (Å²) in [6.45, 7) is 3.90. The number of benzene rings is 1. The highest BCUT2D eigenvalue weighted by molar-refractivity contribution is 8.00. The van der Waals surface area contributed by atoms with Crippen molar-refractivity contribution in [2.75, 3.05) is 26.9 Å². The number of halogens is 2. The molecular formula is C16H21Cl2N3OS. The standard InChI is InChI=1S/C16H21Cl2N3OS/c1-11-6-16(14(18)7-13(11)17)23-9-15(19-21(5)10-22)12(2)8-20(3)4/h6-8,10H,9H2,1-5H3/b12-8-,19-15-. The highest BCUT2D eigenvalue weighted by Crippen LogP contribution is 2.32. The van der Waals surface area contributed by atoms with Gasteiger partial charge in [0.15, 0.2) is 0 Å². The molecule has 0 heterocycles. The van der Waals surface area contributed by atoms with Crippen molar-refractivity contribution in [2.45, 2.75) is 18.7 Å². The largest absolute Gasteiger partial charge is 0.383 e. The van der Waals surface area contributed by atoms with E-state index in [1.54, 1.807) is 24.9 Å². The minimum atomic E-state index is 0.592. The second-order valence-electron chi connectivity index (χ2n) is 5.32. The molecule has 0 saturated heterocycles. The lowest BCUT2D eigenvalue weighted by Crippen LogP contribution is -2.16. The molecule has 1 amide bonds. The van der Waals surface area contributed by atoms with Crippen LogP contribution in [0.4, 0.5) is 0 Å². The van der Waals surface area contributed by atoms with Crippen LogP contribution in [-0.2, 0) is 4.79 Å². The molecule has 0 atom stereocenters. The zero-order chi connectivity index (χ0) is 17.6. The Balaban J connectivity index is 3.01. The van der Waals surface area contributed by atoms with E-state index in [-0.39, 0.29) is 0 Å². The van der Waals surface area contributed by atoms with Crippen LogP contribution in [0, 0.1) is 6.92 Å². The number of allylic oxidation sites excluding steroid dienone is 1. The Kier molecular flexibility index (Phi) is 7.95. The maximum atomic E-state index is 10.8. The summed E-state index contributed by atoms with van der Waals surface area (Å²) in [5.74, 6) is 0.592. The Morgan fingerprint density at radius 1 is 1.26 bits per heavy atom. The van der Waals surface area contributed by atoms with Gasteiger partial charge in [-0.3, -0.25) is 4.79 Å². The Labute approximate surface area is 152 Å². The molecule has 1 rings (SSSR count). The van der Waals surface area contributed by atoms with E-state index in [1.165, 1.54) is 5.01 Å². The molecule has 0 fully saturated rings. The van der Waals surface area contributed by atoms with Gasteiger partial charge in [0.2, 0.25) is 6.41 Å². The molecule has 1 aromatic rings. The molecule has 0 aliphatic carbocycles. The number of hydrogen-bond donors (Lipinski definition) is 0. The SMILES string of the molecule is CC(=C/N(C)C)/C(CSc1cc(C)c(Cl)cc1Cl)=N\N(C)C=O. The number of amides is 1. The van der Waals surface area contributed by atoms with Crippen molar-refractivity contribution in [1.29, 1.82) is 0 Å². The number of aryl methyl sites for hydroxylation is 1. The zero-order valence-electron chi connectivity index (χ0n) is 13.9. The molecular weight excluding hydrogens is 353 g/mol. The summed E-state index contributed by atoms with van der Waals surface area (Å²) in [4.78, 5) is 13.7. The maximum absolute atomic E-state index is 10.8. The van der Waals surface area contributed by atoms with Gasteiger partial charge in [0.25, 0.3) is 0 Å². The molecule has 0 unspecified atom stereocenters. The van der Waals surface area contributed by atoms with Gasteiger partial charge in [-0.1, -0.05) is 23.2 Å². The smallest absolute Gasteiger partial charge is 0.229 e. The fourth-order valence-corrected chi connectivity index (χ4v) is 3.37. The minimum absolute atomic E-state index is 0.592. The second kappa shape index (κ2) is 9.21. The van der Waals surface area contributed by atoms with Crippen LogP contribution in [0.2, 0.25) is 10.0 Å². The van der Waals surface area contributed by atoms with Gasteiger partial charge in [0.05, 0.1) is 10.7 Å². The highest BCUT2D eigenvalue weighted by Gasteiger charge is 2.10. The van der Waals surface area contributed by atoms with Gasteiger partial charge < -0.3 is 4.90 Å². The number of nitrogens with zero attached hydrogens (tertiary/aromatic N) is 3. The lowest BCUT2D eigenvalue weighted by molar-refractivity contribution is -0.117. The van der Waals surface area contributed by atoms with Crippen LogP contribution in [0.15, 0.2) is 33.9 Å². The van der Waals surface area contributed by atoms with Crippen LogP contribution >= 0.6 is 35.0 Å². The molecule has 4 nitrogen and oxygen atoms in total. The molecule has 126 valence electrons. The summed E-state index contributed by atoms with van der Waals surface area (Å²) in [6, 6.07) is 3.71. The van der Waals surface area contributed by atoms with Gasteiger partial charge in [-0.05, 0) is 37.1 Å². The van der Waals surface area contributed by atoms with E-state index < -0.39 is 0 Å². The van der Waals surface area contributed by atoms with Gasteiger partial charge in [-0.2, -0.15) is 5.10 Å². The average Bonchev–Trinajstić information content (AvgIpc) is 2.46. The molecule has 0 spiro atoms. The van der Waals surface area contributed by atoms with E-state index in [4.69, 9.17) is 23.2 Å². The molecule has 7 heteroatoms. The molecule has 0 aliphatic heterocycles. The molecule has 0 radical (unpaired) electrons. The highest BCUT2D eigenvalue weighted by atomic mass is 35.5. The first-order chi connectivity index (χ1) is 10.7. The van der Waals surface area contributed by atoms with Crippen molar-refractivity contribution in [1.82, 2.24) is 9.91 Å². The second-order valence-corrected chi connectivity index (χ2v) is 7.15. The Hall–Kier alpha value is -1.17. The van der Waals surface area contributed by atoms with Gasteiger partial charge in [0, 0.05) is 43.0 Å². The molecule has 0 N–H and O–H groups in total. The maximum Gasteiger partial charge on any atom is 0.229 e. The zero-order valence-corrected chi connectivity index (χ0v) is 16.3.